The SMILES string of the molecule is O=C(NCCC1CCCCO1)NCc1cn(-c2ccccc2)nn1. The quantitative estimate of drug-likeness (QED) is 0.849. The third-order valence-electron chi connectivity index (χ3n) is 4.02. The lowest BCUT2D eigenvalue weighted by Gasteiger charge is -2.22. The molecular formula is C17H23N5O2. The van der Waals surface area contributed by atoms with Crippen LogP contribution >= 0.6 is 0 Å². The van der Waals surface area contributed by atoms with Crippen LogP contribution in [0.1, 0.15) is 31.4 Å². The molecule has 1 aromatic carbocycles. The summed E-state index contributed by atoms with van der Waals surface area (Å²) < 4.78 is 7.33. The molecule has 2 aromatic rings. The van der Waals surface area contributed by atoms with Crippen LogP contribution in [0.2, 0.25) is 0 Å². The Morgan fingerprint density at radius 2 is 2.12 bits per heavy atom. The van der Waals surface area contributed by atoms with E-state index in [0.29, 0.717) is 18.8 Å². The maximum atomic E-state index is 11.8. The molecular weight excluding hydrogens is 306 g/mol. The Morgan fingerprint density at radius 3 is 2.92 bits per heavy atom. The van der Waals surface area contributed by atoms with E-state index in [1.807, 2.05) is 36.5 Å². The number of ether oxygens (including phenoxy) is 1. The highest BCUT2D eigenvalue weighted by atomic mass is 16.5. The molecule has 24 heavy (non-hydrogen) atoms. The fraction of sp³-hybridized carbons (Fsp3) is 0.471. The highest BCUT2D eigenvalue weighted by molar-refractivity contribution is 5.73. The van der Waals surface area contributed by atoms with Crippen molar-refractivity contribution in [2.75, 3.05) is 13.2 Å². The van der Waals surface area contributed by atoms with Crippen LogP contribution in [-0.2, 0) is 11.3 Å². The van der Waals surface area contributed by atoms with E-state index in [0.717, 1.165) is 31.6 Å². The summed E-state index contributed by atoms with van der Waals surface area (Å²) >= 11 is 0. The second-order valence-electron chi connectivity index (χ2n) is 5.88. The molecule has 1 fully saturated rings. The molecule has 1 saturated heterocycles. The minimum Gasteiger partial charge on any atom is -0.378 e. The molecule has 1 aromatic heterocycles. The second kappa shape index (κ2) is 8.44. The van der Waals surface area contributed by atoms with Crippen LogP contribution in [0.25, 0.3) is 5.69 Å². The van der Waals surface area contributed by atoms with Crippen LogP contribution in [0.5, 0.6) is 0 Å². The van der Waals surface area contributed by atoms with Gasteiger partial charge in [0, 0.05) is 13.2 Å². The second-order valence-corrected chi connectivity index (χ2v) is 5.88. The van der Waals surface area contributed by atoms with Gasteiger partial charge in [-0.3, -0.25) is 0 Å². The summed E-state index contributed by atoms with van der Waals surface area (Å²) in [5, 5.41) is 13.8. The molecule has 0 spiro atoms. The van der Waals surface area contributed by atoms with Gasteiger partial charge in [-0.05, 0) is 37.8 Å². The van der Waals surface area contributed by atoms with E-state index in [9.17, 15) is 4.79 Å². The van der Waals surface area contributed by atoms with Crippen molar-refractivity contribution in [2.45, 2.75) is 38.3 Å². The van der Waals surface area contributed by atoms with E-state index in [1.54, 1.807) is 4.68 Å². The van der Waals surface area contributed by atoms with Gasteiger partial charge in [0.05, 0.1) is 24.5 Å². The van der Waals surface area contributed by atoms with Gasteiger partial charge in [-0.25, -0.2) is 9.48 Å². The third kappa shape index (κ3) is 4.79. The van der Waals surface area contributed by atoms with Crippen molar-refractivity contribution in [1.82, 2.24) is 25.6 Å². The van der Waals surface area contributed by atoms with Crippen molar-refractivity contribution in [2.24, 2.45) is 0 Å². The first-order chi connectivity index (χ1) is 11.8. The molecule has 1 atom stereocenters. The summed E-state index contributed by atoms with van der Waals surface area (Å²) in [5.41, 5.74) is 1.65. The molecule has 128 valence electrons. The minimum atomic E-state index is -0.194. The molecule has 2 N–H and O–H groups in total. The summed E-state index contributed by atoms with van der Waals surface area (Å²) in [5.74, 6) is 0. The topological polar surface area (TPSA) is 81.1 Å². The van der Waals surface area contributed by atoms with Crippen molar-refractivity contribution < 1.29 is 9.53 Å². The molecule has 1 aliphatic rings. The van der Waals surface area contributed by atoms with Gasteiger partial charge in [0.1, 0.15) is 5.69 Å². The van der Waals surface area contributed by atoms with Crippen molar-refractivity contribution >= 4 is 6.03 Å². The average molecular weight is 329 g/mol. The zero-order valence-electron chi connectivity index (χ0n) is 13.6. The molecule has 3 rings (SSSR count). The lowest BCUT2D eigenvalue weighted by Crippen LogP contribution is -2.37. The number of aromatic nitrogens is 3. The van der Waals surface area contributed by atoms with Crippen LogP contribution in [-0.4, -0.2) is 40.3 Å². The van der Waals surface area contributed by atoms with E-state index >= 15 is 0 Å². The lowest BCUT2D eigenvalue weighted by atomic mass is 10.1. The minimum absolute atomic E-state index is 0.194. The van der Waals surface area contributed by atoms with Gasteiger partial charge >= 0.3 is 6.03 Å². The molecule has 2 heterocycles. The van der Waals surface area contributed by atoms with E-state index in [2.05, 4.69) is 20.9 Å². The predicted octanol–water partition coefficient (Wildman–Crippen LogP) is 2.03. The molecule has 7 nitrogen and oxygen atoms in total. The first-order valence-electron chi connectivity index (χ1n) is 8.41. The highest BCUT2D eigenvalue weighted by Gasteiger charge is 2.13. The Kier molecular flexibility index (Phi) is 5.79. The summed E-state index contributed by atoms with van der Waals surface area (Å²) in [6.45, 7) is 1.81. The Labute approximate surface area is 141 Å². The largest absolute Gasteiger partial charge is 0.378 e. The van der Waals surface area contributed by atoms with Gasteiger partial charge in [0.15, 0.2) is 0 Å². The van der Waals surface area contributed by atoms with Crippen molar-refractivity contribution in [3.8, 4) is 5.69 Å². The fourth-order valence-electron chi connectivity index (χ4n) is 2.70. The molecule has 7 heteroatoms. The Hall–Kier alpha value is -2.41. The number of carbonyl (C=O) groups is 1. The Bertz CT molecular complexity index is 637. The molecule has 0 saturated carbocycles. The number of rotatable bonds is 6. The van der Waals surface area contributed by atoms with E-state index in [1.165, 1.54) is 6.42 Å². The molecule has 1 aliphatic heterocycles. The predicted molar refractivity (Wildman–Crippen MR) is 89.8 cm³/mol. The molecule has 1 unspecified atom stereocenters. The number of urea groups is 1. The van der Waals surface area contributed by atoms with E-state index < -0.39 is 0 Å². The first-order valence-corrected chi connectivity index (χ1v) is 8.41. The van der Waals surface area contributed by atoms with E-state index in [-0.39, 0.29) is 12.1 Å². The monoisotopic (exact) mass is 329 g/mol. The number of hydrogen-bond acceptors (Lipinski definition) is 4. The highest BCUT2D eigenvalue weighted by Crippen LogP contribution is 2.14. The van der Waals surface area contributed by atoms with Gasteiger partial charge in [-0.1, -0.05) is 23.4 Å². The Morgan fingerprint density at radius 1 is 1.25 bits per heavy atom. The average Bonchev–Trinajstić information content (AvgIpc) is 3.11. The molecule has 2 amide bonds. The van der Waals surface area contributed by atoms with Crippen molar-refractivity contribution in [1.29, 1.82) is 0 Å². The van der Waals surface area contributed by atoms with Crippen LogP contribution in [0, 0.1) is 0 Å². The number of carbonyl (C=O) groups excluding carboxylic acids is 1. The summed E-state index contributed by atoms with van der Waals surface area (Å²) in [6, 6.07) is 9.54. The molecule has 0 radical (unpaired) electrons. The van der Waals surface area contributed by atoms with Gasteiger partial charge in [-0.15, -0.1) is 5.10 Å². The number of amides is 2. The van der Waals surface area contributed by atoms with Gasteiger partial charge in [-0.2, -0.15) is 0 Å². The molecule has 0 bridgehead atoms. The third-order valence-corrected chi connectivity index (χ3v) is 4.02. The van der Waals surface area contributed by atoms with Gasteiger partial charge < -0.3 is 15.4 Å². The van der Waals surface area contributed by atoms with Crippen LogP contribution < -0.4 is 10.6 Å². The van der Waals surface area contributed by atoms with Gasteiger partial charge in [0.2, 0.25) is 0 Å². The summed E-state index contributed by atoms with van der Waals surface area (Å²) in [6.07, 6.45) is 6.40. The maximum Gasteiger partial charge on any atom is 0.315 e. The standard InChI is InChI=1S/C17H23N5O2/c23-17(18-10-9-16-8-4-5-11-24-16)19-12-14-13-22(21-20-14)15-6-2-1-3-7-15/h1-3,6-7,13,16H,4-5,8-12H2,(H2,18,19,23). The maximum absolute atomic E-state index is 11.8. The van der Waals surface area contributed by atoms with Crippen LogP contribution in [0.3, 0.4) is 0 Å². The lowest BCUT2D eigenvalue weighted by molar-refractivity contribution is 0.0120. The number of benzene rings is 1. The van der Waals surface area contributed by atoms with E-state index in [4.69, 9.17) is 4.74 Å². The first kappa shape index (κ1) is 16.4. The Balaban J connectivity index is 1.38. The summed E-state index contributed by atoms with van der Waals surface area (Å²) in [7, 11) is 0. The van der Waals surface area contributed by atoms with Gasteiger partial charge in [0.25, 0.3) is 0 Å². The number of nitrogens with zero attached hydrogens (tertiary/aromatic N) is 3. The van der Waals surface area contributed by atoms with Crippen LogP contribution in [0.4, 0.5) is 4.79 Å². The normalized spacial score (nSPS) is 17.4. The smallest absolute Gasteiger partial charge is 0.315 e. The zero-order valence-corrected chi connectivity index (χ0v) is 13.6. The fourth-order valence-corrected chi connectivity index (χ4v) is 2.70. The van der Waals surface area contributed by atoms with Crippen molar-refractivity contribution in [3.63, 3.8) is 0 Å². The number of para-hydroxylation sites is 1. The zero-order chi connectivity index (χ0) is 16.6. The van der Waals surface area contributed by atoms with Crippen molar-refractivity contribution in [3.05, 3.63) is 42.2 Å². The number of nitrogens with one attached hydrogen (secondary N) is 2. The summed E-state index contributed by atoms with van der Waals surface area (Å²) in [4.78, 5) is 11.8. The van der Waals surface area contributed by atoms with Crippen LogP contribution in [0.15, 0.2) is 36.5 Å². The molecule has 0 aliphatic carbocycles. The number of hydrogen-bond donors (Lipinski definition) is 2.